The molecular formula is C15H14BrCl2N. The molecule has 0 aliphatic carbocycles. The molecule has 1 N–H and O–H groups in total. The van der Waals surface area contributed by atoms with Crippen LogP contribution < -0.4 is 5.32 Å². The normalized spacial score (nSPS) is 10.6. The van der Waals surface area contributed by atoms with Gasteiger partial charge in [0.05, 0.1) is 15.7 Å². The maximum atomic E-state index is 6.20. The number of hydrogen-bond donors (Lipinski definition) is 1. The Bertz CT molecular complexity index is 588. The first-order valence-electron chi connectivity index (χ1n) is 5.92. The summed E-state index contributed by atoms with van der Waals surface area (Å²) in [5.74, 6) is 0. The highest BCUT2D eigenvalue weighted by atomic mass is 79.9. The predicted molar refractivity (Wildman–Crippen MR) is 87.4 cm³/mol. The zero-order valence-electron chi connectivity index (χ0n) is 10.7. The molecule has 19 heavy (non-hydrogen) atoms. The molecule has 0 heterocycles. The van der Waals surface area contributed by atoms with Crippen molar-refractivity contribution in [1.29, 1.82) is 0 Å². The lowest BCUT2D eigenvalue weighted by Crippen LogP contribution is -2.03. The van der Waals surface area contributed by atoms with Gasteiger partial charge in [-0.05, 0) is 42.7 Å². The molecule has 0 bridgehead atoms. The fraction of sp³-hybridized carbons (Fsp3) is 0.200. The number of anilines is 1. The minimum absolute atomic E-state index is 0.615. The van der Waals surface area contributed by atoms with E-state index in [9.17, 15) is 0 Å². The first-order chi connectivity index (χ1) is 8.99. The second-order valence-corrected chi connectivity index (χ2v) is 6.19. The van der Waals surface area contributed by atoms with Gasteiger partial charge in [0.1, 0.15) is 0 Å². The van der Waals surface area contributed by atoms with Crippen molar-refractivity contribution in [3.63, 3.8) is 0 Å². The van der Waals surface area contributed by atoms with E-state index in [2.05, 4.69) is 53.3 Å². The zero-order valence-corrected chi connectivity index (χ0v) is 13.8. The van der Waals surface area contributed by atoms with E-state index in [1.165, 1.54) is 16.7 Å². The van der Waals surface area contributed by atoms with Crippen molar-refractivity contribution in [2.75, 3.05) is 5.32 Å². The van der Waals surface area contributed by atoms with Crippen molar-refractivity contribution >= 4 is 44.8 Å². The van der Waals surface area contributed by atoms with Crippen LogP contribution in [0.3, 0.4) is 0 Å². The Morgan fingerprint density at radius 1 is 1.11 bits per heavy atom. The molecule has 0 aromatic heterocycles. The molecule has 2 aromatic carbocycles. The van der Waals surface area contributed by atoms with Gasteiger partial charge >= 0.3 is 0 Å². The van der Waals surface area contributed by atoms with Crippen LogP contribution in [0.2, 0.25) is 10.0 Å². The second-order valence-electron chi connectivity index (χ2n) is 4.46. The van der Waals surface area contributed by atoms with Gasteiger partial charge in [0.15, 0.2) is 0 Å². The summed E-state index contributed by atoms with van der Waals surface area (Å²) in [7, 11) is 0. The zero-order chi connectivity index (χ0) is 14.0. The van der Waals surface area contributed by atoms with E-state index in [4.69, 9.17) is 23.2 Å². The summed E-state index contributed by atoms with van der Waals surface area (Å²) in [5, 5.41) is 4.54. The maximum absolute atomic E-state index is 6.20. The molecule has 0 unspecified atom stereocenters. The van der Waals surface area contributed by atoms with Crippen LogP contribution in [0.25, 0.3) is 0 Å². The quantitative estimate of drug-likeness (QED) is 0.710. The summed E-state index contributed by atoms with van der Waals surface area (Å²) in [6.45, 7) is 4.93. The summed E-state index contributed by atoms with van der Waals surface area (Å²) in [5.41, 5.74) is 4.59. The fourth-order valence-corrected chi connectivity index (χ4v) is 3.24. The molecule has 0 saturated heterocycles. The molecule has 0 aliphatic heterocycles. The Balaban J connectivity index is 2.22. The lowest BCUT2D eigenvalue weighted by molar-refractivity contribution is 1.10. The van der Waals surface area contributed by atoms with Crippen LogP contribution in [-0.2, 0) is 6.54 Å². The highest BCUT2D eigenvalue weighted by Gasteiger charge is 2.08. The van der Waals surface area contributed by atoms with E-state index in [1.807, 2.05) is 12.1 Å². The number of aryl methyl sites for hydroxylation is 1. The molecule has 0 radical (unpaired) electrons. The summed E-state index contributed by atoms with van der Waals surface area (Å²) in [6.07, 6.45) is 0. The SMILES string of the molecule is Cc1cccc(CNc2c(Cl)cc(Br)cc2Cl)c1C. The summed E-state index contributed by atoms with van der Waals surface area (Å²) >= 11 is 15.8. The third-order valence-electron chi connectivity index (χ3n) is 3.18. The molecular weight excluding hydrogens is 345 g/mol. The Morgan fingerprint density at radius 2 is 1.74 bits per heavy atom. The van der Waals surface area contributed by atoms with Gasteiger partial charge in [-0.1, -0.05) is 57.3 Å². The molecule has 0 fully saturated rings. The summed E-state index contributed by atoms with van der Waals surface area (Å²) < 4.78 is 0.875. The van der Waals surface area contributed by atoms with Crippen LogP contribution in [0.5, 0.6) is 0 Å². The van der Waals surface area contributed by atoms with Crippen molar-refractivity contribution in [3.05, 3.63) is 61.5 Å². The monoisotopic (exact) mass is 357 g/mol. The van der Waals surface area contributed by atoms with Crippen LogP contribution in [0, 0.1) is 13.8 Å². The topological polar surface area (TPSA) is 12.0 Å². The van der Waals surface area contributed by atoms with Gasteiger partial charge in [-0.15, -0.1) is 0 Å². The average Bonchev–Trinajstić information content (AvgIpc) is 2.33. The Labute approximate surface area is 132 Å². The van der Waals surface area contributed by atoms with E-state index in [1.54, 1.807) is 0 Å². The lowest BCUT2D eigenvalue weighted by Gasteiger charge is -2.13. The van der Waals surface area contributed by atoms with Gasteiger partial charge in [0.25, 0.3) is 0 Å². The van der Waals surface area contributed by atoms with Crippen LogP contribution in [-0.4, -0.2) is 0 Å². The van der Waals surface area contributed by atoms with Gasteiger partial charge in [-0.2, -0.15) is 0 Å². The second kappa shape index (κ2) is 6.17. The molecule has 4 heteroatoms. The lowest BCUT2D eigenvalue weighted by atomic mass is 10.0. The number of rotatable bonds is 3. The Morgan fingerprint density at radius 3 is 2.37 bits per heavy atom. The highest BCUT2D eigenvalue weighted by Crippen LogP contribution is 2.34. The van der Waals surface area contributed by atoms with E-state index >= 15 is 0 Å². The number of nitrogens with one attached hydrogen (secondary N) is 1. The van der Waals surface area contributed by atoms with Crippen LogP contribution in [0.1, 0.15) is 16.7 Å². The minimum Gasteiger partial charge on any atom is -0.379 e. The molecule has 2 aromatic rings. The maximum Gasteiger partial charge on any atom is 0.0722 e. The van der Waals surface area contributed by atoms with Crippen molar-refractivity contribution in [1.82, 2.24) is 0 Å². The van der Waals surface area contributed by atoms with Gasteiger partial charge in [0, 0.05) is 11.0 Å². The van der Waals surface area contributed by atoms with Gasteiger partial charge < -0.3 is 5.32 Å². The standard InChI is InChI=1S/C15H14BrCl2N/c1-9-4-3-5-11(10(9)2)8-19-15-13(17)6-12(16)7-14(15)18/h3-7,19H,8H2,1-2H3. The van der Waals surface area contributed by atoms with Gasteiger partial charge in [0.2, 0.25) is 0 Å². The molecule has 0 spiro atoms. The summed E-state index contributed by atoms with van der Waals surface area (Å²) in [6, 6.07) is 9.94. The molecule has 2 rings (SSSR count). The van der Waals surface area contributed by atoms with Crippen LogP contribution in [0.15, 0.2) is 34.8 Å². The molecule has 0 atom stereocenters. The average molecular weight is 359 g/mol. The Hall–Kier alpha value is -0.700. The van der Waals surface area contributed by atoms with Crippen molar-refractivity contribution in [2.24, 2.45) is 0 Å². The van der Waals surface area contributed by atoms with Gasteiger partial charge in [-0.3, -0.25) is 0 Å². The number of benzene rings is 2. The molecule has 0 amide bonds. The molecule has 1 nitrogen and oxygen atoms in total. The fourth-order valence-electron chi connectivity index (χ4n) is 1.90. The minimum atomic E-state index is 0.615. The van der Waals surface area contributed by atoms with Crippen molar-refractivity contribution in [3.8, 4) is 0 Å². The van der Waals surface area contributed by atoms with E-state index in [0.29, 0.717) is 16.6 Å². The van der Waals surface area contributed by atoms with Crippen molar-refractivity contribution in [2.45, 2.75) is 20.4 Å². The number of halogens is 3. The third kappa shape index (κ3) is 3.44. The molecule has 0 saturated carbocycles. The smallest absolute Gasteiger partial charge is 0.0722 e. The first kappa shape index (κ1) is 14.7. The molecule has 0 aliphatic rings. The van der Waals surface area contributed by atoms with E-state index < -0.39 is 0 Å². The van der Waals surface area contributed by atoms with Gasteiger partial charge in [-0.25, -0.2) is 0 Å². The van der Waals surface area contributed by atoms with Crippen LogP contribution >= 0.6 is 39.1 Å². The summed E-state index contributed by atoms with van der Waals surface area (Å²) in [4.78, 5) is 0. The highest BCUT2D eigenvalue weighted by molar-refractivity contribution is 9.10. The largest absolute Gasteiger partial charge is 0.379 e. The molecule has 100 valence electrons. The predicted octanol–water partition coefficient (Wildman–Crippen LogP) is 5.98. The first-order valence-corrected chi connectivity index (χ1v) is 7.47. The Kier molecular flexibility index (Phi) is 4.77. The van der Waals surface area contributed by atoms with Crippen LogP contribution in [0.4, 0.5) is 5.69 Å². The number of hydrogen-bond acceptors (Lipinski definition) is 1. The van der Waals surface area contributed by atoms with E-state index in [0.717, 1.165) is 10.2 Å². The van der Waals surface area contributed by atoms with Crippen molar-refractivity contribution < 1.29 is 0 Å². The third-order valence-corrected chi connectivity index (χ3v) is 4.23. The van der Waals surface area contributed by atoms with E-state index in [-0.39, 0.29) is 0 Å².